The fourth-order valence-corrected chi connectivity index (χ4v) is 10.7. The predicted octanol–water partition coefficient (Wildman–Crippen LogP) is 9.74. The van der Waals surface area contributed by atoms with Crippen LogP contribution in [-0.2, 0) is 20.9 Å². The second-order valence-electron chi connectivity index (χ2n) is 19.4. The second-order valence-corrected chi connectivity index (χ2v) is 20.3. The van der Waals surface area contributed by atoms with Crippen molar-refractivity contribution in [1.29, 1.82) is 0 Å². The van der Waals surface area contributed by atoms with Gasteiger partial charge < -0.3 is 30.1 Å². The molecule has 7 rings (SSSR count). The number of aromatic carboxylic acids is 1. The van der Waals surface area contributed by atoms with Gasteiger partial charge in [-0.1, -0.05) is 96.0 Å². The molecule has 0 bridgehead atoms. The molecule has 1 aliphatic heterocycles. The number of carbonyl (C=O) groups is 4. The lowest BCUT2D eigenvalue weighted by Gasteiger charge is -2.40. The Morgan fingerprint density at radius 1 is 0.896 bits per heavy atom. The van der Waals surface area contributed by atoms with Crippen molar-refractivity contribution in [2.75, 3.05) is 20.2 Å². The number of likely N-dealkylation sites (tertiary alicyclic amines) is 1. The number of aliphatic hydroxyl groups excluding tert-OH is 1. The van der Waals surface area contributed by atoms with Crippen molar-refractivity contribution in [2.24, 2.45) is 5.41 Å². The van der Waals surface area contributed by atoms with Crippen molar-refractivity contribution in [1.82, 2.24) is 30.1 Å². The van der Waals surface area contributed by atoms with E-state index in [1.54, 1.807) is 35.7 Å². The number of amides is 3. The van der Waals surface area contributed by atoms with Gasteiger partial charge in [0.25, 0.3) is 0 Å². The first kappa shape index (κ1) is 49.2. The van der Waals surface area contributed by atoms with Gasteiger partial charge in [0.2, 0.25) is 17.7 Å². The molecule has 356 valence electrons. The molecular formula is C53H66N6O7S. The van der Waals surface area contributed by atoms with Crippen LogP contribution in [0.4, 0.5) is 0 Å². The number of hydrogen-bond donors (Lipinski definition) is 3. The number of ether oxygens (including phenoxy) is 1. The molecule has 0 spiro atoms. The molecule has 0 unspecified atom stereocenters. The highest BCUT2D eigenvalue weighted by Gasteiger charge is 2.46. The van der Waals surface area contributed by atoms with Crippen LogP contribution in [0.15, 0.2) is 72.5 Å². The summed E-state index contributed by atoms with van der Waals surface area (Å²) in [6.45, 7) is 8.66. The molecule has 1 saturated carbocycles. The summed E-state index contributed by atoms with van der Waals surface area (Å²) in [4.78, 5) is 70.9. The number of benzene rings is 3. The Bertz CT molecular complexity index is 2510. The van der Waals surface area contributed by atoms with Gasteiger partial charge >= 0.3 is 5.97 Å². The van der Waals surface area contributed by atoms with E-state index in [4.69, 9.17) is 4.74 Å². The number of likely N-dealkylation sites (N-methyl/N-ethyl adjacent to an activating group) is 1. The topological polar surface area (TPSA) is 175 Å². The van der Waals surface area contributed by atoms with Crippen molar-refractivity contribution in [3.05, 3.63) is 94.9 Å². The van der Waals surface area contributed by atoms with Gasteiger partial charge in [0.1, 0.15) is 24.2 Å². The van der Waals surface area contributed by atoms with Gasteiger partial charge in [0, 0.05) is 50.0 Å². The largest absolute Gasteiger partial charge is 0.494 e. The molecule has 3 N–H and O–H groups in total. The number of hydrogen-bond acceptors (Lipinski definition) is 10. The number of nitrogens with zero attached hydrogens (tertiary/aromatic N) is 5. The molecule has 67 heavy (non-hydrogen) atoms. The number of carboxylic acid groups (broad SMARTS) is 1. The number of nitrogens with one attached hydrogen (secondary N) is 1. The lowest BCUT2D eigenvalue weighted by atomic mass is 9.84. The molecule has 1 aliphatic carbocycles. The summed E-state index contributed by atoms with van der Waals surface area (Å²) < 4.78 is 6.11. The Balaban J connectivity index is 0.817. The van der Waals surface area contributed by atoms with Crippen LogP contribution in [0.25, 0.3) is 32.6 Å². The first-order valence-electron chi connectivity index (χ1n) is 24.0. The van der Waals surface area contributed by atoms with Gasteiger partial charge in [0.05, 0.1) is 45.6 Å². The first-order valence-corrected chi connectivity index (χ1v) is 24.8. The molecular weight excluding hydrogens is 865 g/mol. The molecule has 1 saturated heterocycles. The van der Waals surface area contributed by atoms with Crippen molar-refractivity contribution >= 4 is 45.9 Å². The molecule has 3 amide bonds. The van der Waals surface area contributed by atoms with Gasteiger partial charge in [-0.05, 0) is 84.9 Å². The number of rotatable bonds is 20. The molecule has 2 aromatic heterocycles. The van der Waals surface area contributed by atoms with E-state index >= 15 is 0 Å². The van der Waals surface area contributed by atoms with Gasteiger partial charge in [-0.25, -0.2) is 19.7 Å². The summed E-state index contributed by atoms with van der Waals surface area (Å²) in [5.74, 6) is -0.652. The average Bonchev–Trinajstić information content (AvgIpc) is 4.10. The van der Waals surface area contributed by atoms with Gasteiger partial charge in [-0.15, -0.1) is 11.3 Å². The summed E-state index contributed by atoms with van der Waals surface area (Å²) in [5.41, 5.74) is 7.89. The Kier molecular flexibility index (Phi) is 16.4. The van der Waals surface area contributed by atoms with E-state index in [1.165, 1.54) is 4.90 Å². The molecule has 14 heteroatoms. The SMILES string of the molecule is Cc1ncsc1-c1ccc(CNC(=O)[C@@H]2C[C@@H](O)CN2C(=O)[C@@H](N(C)C(=O)CCCCCCCCCOc2ccc3c(-c4ccc(C(=O)O)c(C5CCCC5)c4)ncnc3c2)C(C)(C)C)cc1. The van der Waals surface area contributed by atoms with E-state index in [9.17, 15) is 29.4 Å². The van der Waals surface area contributed by atoms with E-state index in [0.717, 1.165) is 126 Å². The number of thiazole rings is 1. The van der Waals surface area contributed by atoms with Crippen LogP contribution in [0.2, 0.25) is 0 Å². The monoisotopic (exact) mass is 930 g/mol. The normalized spacial score (nSPS) is 16.9. The minimum absolute atomic E-state index is 0.0383. The Hall–Kier alpha value is -5.73. The van der Waals surface area contributed by atoms with E-state index in [2.05, 4.69) is 20.3 Å². The first-order chi connectivity index (χ1) is 32.2. The number of fused-ring (bicyclic) bond motifs is 1. The van der Waals surface area contributed by atoms with Crippen LogP contribution < -0.4 is 10.1 Å². The van der Waals surface area contributed by atoms with E-state index < -0.39 is 29.6 Å². The van der Waals surface area contributed by atoms with Crippen molar-refractivity contribution in [3.63, 3.8) is 0 Å². The van der Waals surface area contributed by atoms with Crippen LogP contribution in [0.5, 0.6) is 5.75 Å². The Morgan fingerprint density at radius 3 is 2.28 bits per heavy atom. The smallest absolute Gasteiger partial charge is 0.335 e. The maximum Gasteiger partial charge on any atom is 0.335 e. The van der Waals surface area contributed by atoms with Crippen molar-refractivity contribution in [3.8, 4) is 27.4 Å². The zero-order valence-corrected chi connectivity index (χ0v) is 40.4. The van der Waals surface area contributed by atoms with E-state index in [-0.39, 0.29) is 43.1 Å². The summed E-state index contributed by atoms with van der Waals surface area (Å²) in [6.07, 6.45) is 12.1. The average molecular weight is 931 g/mol. The maximum atomic E-state index is 14.2. The van der Waals surface area contributed by atoms with Crippen LogP contribution in [-0.4, -0.2) is 97.0 Å². The van der Waals surface area contributed by atoms with Crippen molar-refractivity contribution in [2.45, 2.75) is 142 Å². The minimum Gasteiger partial charge on any atom is -0.494 e. The summed E-state index contributed by atoms with van der Waals surface area (Å²) >= 11 is 1.59. The molecule has 2 aliphatic rings. The van der Waals surface area contributed by atoms with Crippen LogP contribution in [0.1, 0.15) is 137 Å². The van der Waals surface area contributed by atoms with Crippen LogP contribution in [0.3, 0.4) is 0 Å². The molecule has 3 aromatic carbocycles. The fourth-order valence-electron chi connectivity index (χ4n) is 9.85. The highest BCUT2D eigenvalue weighted by Crippen LogP contribution is 2.39. The fraction of sp³-hybridized carbons (Fsp3) is 0.491. The maximum absolute atomic E-state index is 14.2. The summed E-state index contributed by atoms with van der Waals surface area (Å²) in [6, 6.07) is 17.7. The highest BCUT2D eigenvalue weighted by atomic mass is 32.1. The number of carboxylic acids is 1. The second kappa shape index (κ2) is 22.4. The zero-order valence-electron chi connectivity index (χ0n) is 39.6. The third-order valence-electron chi connectivity index (χ3n) is 13.4. The lowest BCUT2D eigenvalue weighted by molar-refractivity contribution is -0.151. The Morgan fingerprint density at radius 2 is 1.60 bits per heavy atom. The number of aryl methyl sites for hydroxylation is 1. The number of aromatic nitrogens is 3. The third kappa shape index (κ3) is 12.2. The number of unbranched alkanes of at least 4 members (excludes halogenated alkanes) is 6. The van der Waals surface area contributed by atoms with Crippen LogP contribution in [0, 0.1) is 12.3 Å². The lowest BCUT2D eigenvalue weighted by Crippen LogP contribution is -2.58. The highest BCUT2D eigenvalue weighted by molar-refractivity contribution is 7.13. The van der Waals surface area contributed by atoms with Gasteiger partial charge in [-0.3, -0.25) is 14.4 Å². The quantitative estimate of drug-likeness (QED) is 0.0638. The minimum atomic E-state index is -0.893. The zero-order chi connectivity index (χ0) is 47.7. The third-order valence-corrected chi connectivity index (χ3v) is 14.4. The number of β-amino-alcohol motifs (C(OH)–C–C–N with tert-alkyl or cyclic N) is 1. The molecule has 3 atom stereocenters. The number of carbonyl (C=O) groups excluding carboxylic acids is 3. The molecule has 5 aromatic rings. The van der Waals surface area contributed by atoms with Crippen molar-refractivity contribution < 1.29 is 34.1 Å². The standard InChI is InChI=1S/C53H66N6O7S/c1-34-48(67-33-57-34)37-20-18-35(19-21-37)30-54-50(62)45-28-39(60)31-59(45)51(63)49(53(2,3)4)58(5)46(61)17-11-9-7-6-8-10-14-26-66-40-23-25-42-44(29-40)55-32-56-47(42)38-22-24-41(52(64)65)43(27-38)36-15-12-13-16-36/h18-25,27,29,32-33,36,39,45,49,60H,6-17,26,28,30-31H2,1-5H3,(H,54,62)(H,64,65)/t39-,45+,49-/m1/s1. The molecule has 2 fully saturated rings. The molecule has 13 nitrogen and oxygen atoms in total. The predicted molar refractivity (Wildman–Crippen MR) is 262 cm³/mol. The summed E-state index contributed by atoms with van der Waals surface area (Å²) in [7, 11) is 1.68. The Labute approximate surface area is 398 Å². The number of aliphatic hydroxyl groups is 1. The van der Waals surface area contributed by atoms with E-state index in [1.807, 2.05) is 87.8 Å². The summed E-state index contributed by atoms with van der Waals surface area (Å²) in [5, 5.41) is 24.4. The molecule has 0 radical (unpaired) electrons. The van der Waals surface area contributed by atoms with E-state index in [0.29, 0.717) is 18.6 Å². The molecule has 3 heterocycles. The van der Waals surface area contributed by atoms with Gasteiger partial charge in [0.15, 0.2) is 0 Å². The van der Waals surface area contributed by atoms with Crippen LogP contribution >= 0.6 is 11.3 Å². The van der Waals surface area contributed by atoms with Gasteiger partial charge in [-0.2, -0.15) is 0 Å².